The third kappa shape index (κ3) is 2.75. The number of amides is 1. The molecule has 4 heteroatoms. The van der Waals surface area contributed by atoms with Crippen LogP contribution in [-0.4, -0.2) is 18.6 Å². The lowest BCUT2D eigenvalue weighted by Gasteiger charge is -2.35. The Labute approximate surface area is 109 Å². The zero-order valence-corrected chi connectivity index (χ0v) is 11.5. The molecule has 1 aromatic carbocycles. The number of ether oxygens (including phenoxy) is 1. The molecule has 0 saturated heterocycles. The summed E-state index contributed by atoms with van der Waals surface area (Å²) in [6.45, 7) is 5.94. The van der Waals surface area contributed by atoms with Gasteiger partial charge >= 0.3 is 0 Å². The lowest BCUT2D eigenvalue weighted by Crippen LogP contribution is -2.54. The summed E-state index contributed by atoms with van der Waals surface area (Å²) < 4.78 is 5.10. The predicted octanol–water partition coefficient (Wildman–Crippen LogP) is 2.40. The lowest BCUT2D eigenvalue weighted by atomic mass is 9.83. The second kappa shape index (κ2) is 5.76. The van der Waals surface area contributed by atoms with Crippen molar-refractivity contribution in [1.29, 1.82) is 0 Å². The molecule has 0 fully saturated rings. The van der Waals surface area contributed by atoms with E-state index in [4.69, 9.17) is 10.5 Å². The second-order valence-electron chi connectivity index (χ2n) is 4.70. The summed E-state index contributed by atoms with van der Waals surface area (Å²) in [5.74, 6) is 0.573. The minimum absolute atomic E-state index is 0.113. The van der Waals surface area contributed by atoms with Crippen molar-refractivity contribution >= 4 is 11.6 Å². The number of carbonyl (C=O) groups is 1. The molecule has 4 nitrogen and oxygen atoms in total. The van der Waals surface area contributed by atoms with Gasteiger partial charge in [0.2, 0.25) is 5.91 Å². The maximum atomic E-state index is 11.8. The third-order valence-electron chi connectivity index (χ3n) is 3.44. The summed E-state index contributed by atoms with van der Waals surface area (Å²) in [7, 11) is 1.62. The average Bonchev–Trinajstić information content (AvgIpc) is 2.36. The van der Waals surface area contributed by atoms with Crippen LogP contribution < -0.4 is 15.8 Å². The summed E-state index contributed by atoms with van der Waals surface area (Å²) in [6, 6.07) is 7.47. The van der Waals surface area contributed by atoms with Gasteiger partial charge in [0, 0.05) is 5.69 Å². The van der Waals surface area contributed by atoms with Crippen LogP contribution in [0.25, 0.3) is 0 Å². The van der Waals surface area contributed by atoms with Gasteiger partial charge in [-0.05, 0) is 36.6 Å². The van der Waals surface area contributed by atoms with Gasteiger partial charge < -0.3 is 15.8 Å². The smallest absolute Gasteiger partial charge is 0.243 e. The van der Waals surface area contributed by atoms with Gasteiger partial charge in [0.1, 0.15) is 11.3 Å². The molecule has 0 saturated carbocycles. The maximum Gasteiger partial charge on any atom is 0.243 e. The predicted molar refractivity (Wildman–Crippen MR) is 73.7 cm³/mol. The fraction of sp³-hybridized carbons (Fsp3) is 0.500. The monoisotopic (exact) mass is 250 g/mol. The molecule has 0 bridgehead atoms. The normalized spacial score (nSPS) is 14.1. The molecule has 100 valence electrons. The van der Waals surface area contributed by atoms with Gasteiger partial charge in [0.15, 0.2) is 0 Å². The highest BCUT2D eigenvalue weighted by atomic mass is 16.5. The molecule has 1 unspecified atom stereocenters. The lowest BCUT2D eigenvalue weighted by molar-refractivity contribution is -0.123. The molecule has 1 aromatic rings. The van der Waals surface area contributed by atoms with Crippen LogP contribution in [0.4, 0.5) is 5.69 Å². The zero-order chi connectivity index (χ0) is 13.8. The molecule has 1 atom stereocenters. The molecule has 0 aromatic heterocycles. The van der Waals surface area contributed by atoms with Crippen LogP contribution in [0.5, 0.6) is 5.75 Å². The molecule has 0 aliphatic rings. The number of benzene rings is 1. The van der Waals surface area contributed by atoms with Gasteiger partial charge in [-0.2, -0.15) is 0 Å². The van der Waals surface area contributed by atoms with E-state index in [1.165, 1.54) is 0 Å². The van der Waals surface area contributed by atoms with Gasteiger partial charge in [-0.25, -0.2) is 0 Å². The minimum Gasteiger partial charge on any atom is -0.497 e. The number of hydrogen-bond donors (Lipinski definition) is 2. The molecule has 18 heavy (non-hydrogen) atoms. The molecule has 0 aliphatic carbocycles. The standard InChI is InChI=1S/C14H22N2O2/c1-5-14(10(2)3,13(15)17)16-11-6-8-12(18-4)9-7-11/h6-10,16H,5H2,1-4H3,(H2,15,17). The van der Waals surface area contributed by atoms with E-state index >= 15 is 0 Å². The Kier molecular flexibility index (Phi) is 4.59. The number of nitrogens with one attached hydrogen (secondary N) is 1. The quantitative estimate of drug-likeness (QED) is 0.814. The molecule has 1 rings (SSSR count). The van der Waals surface area contributed by atoms with Crippen LogP contribution in [0.1, 0.15) is 27.2 Å². The first-order valence-corrected chi connectivity index (χ1v) is 6.18. The van der Waals surface area contributed by atoms with Gasteiger partial charge in [0.05, 0.1) is 7.11 Å². The van der Waals surface area contributed by atoms with Gasteiger partial charge in [0.25, 0.3) is 0 Å². The molecule has 0 heterocycles. The van der Waals surface area contributed by atoms with Crippen molar-refractivity contribution in [3.8, 4) is 5.75 Å². The largest absolute Gasteiger partial charge is 0.497 e. The number of hydrogen-bond acceptors (Lipinski definition) is 3. The number of anilines is 1. The SMILES string of the molecule is CCC(Nc1ccc(OC)cc1)(C(N)=O)C(C)C. The molecular formula is C14H22N2O2. The van der Waals surface area contributed by atoms with Gasteiger partial charge in [-0.3, -0.25) is 4.79 Å². The Bertz CT molecular complexity index is 401. The average molecular weight is 250 g/mol. The van der Waals surface area contributed by atoms with Crippen molar-refractivity contribution in [3.05, 3.63) is 24.3 Å². The number of rotatable bonds is 6. The van der Waals surface area contributed by atoms with Crippen molar-refractivity contribution in [2.45, 2.75) is 32.7 Å². The van der Waals surface area contributed by atoms with Crippen molar-refractivity contribution in [3.63, 3.8) is 0 Å². The molecule has 0 spiro atoms. The van der Waals surface area contributed by atoms with E-state index in [9.17, 15) is 4.79 Å². The van der Waals surface area contributed by atoms with Crippen LogP contribution in [0, 0.1) is 5.92 Å². The summed E-state index contributed by atoms with van der Waals surface area (Å²) in [5, 5.41) is 3.26. The van der Waals surface area contributed by atoms with Crippen molar-refractivity contribution in [2.75, 3.05) is 12.4 Å². The first kappa shape index (κ1) is 14.4. The first-order valence-electron chi connectivity index (χ1n) is 6.18. The van der Waals surface area contributed by atoms with Crippen LogP contribution >= 0.6 is 0 Å². The topological polar surface area (TPSA) is 64.3 Å². The van der Waals surface area contributed by atoms with E-state index in [2.05, 4.69) is 5.32 Å². The van der Waals surface area contributed by atoms with E-state index in [1.807, 2.05) is 45.0 Å². The summed E-state index contributed by atoms with van der Waals surface area (Å²) in [6.07, 6.45) is 0.645. The van der Waals surface area contributed by atoms with Crippen LogP contribution in [0.2, 0.25) is 0 Å². The molecule has 1 amide bonds. The Morgan fingerprint density at radius 1 is 1.39 bits per heavy atom. The van der Waals surface area contributed by atoms with Crippen LogP contribution in [0.3, 0.4) is 0 Å². The van der Waals surface area contributed by atoms with Crippen LogP contribution in [0.15, 0.2) is 24.3 Å². The molecular weight excluding hydrogens is 228 g/mol. The highest BCUT2D eigenvalue weighted by molar-refractivity contribution is 5.88. The molecule has 0 aliphatic heterocycles. The van der Waals surface area contributed by atoms with E-state index in [0.29, 0.717) is 6.42 Å². The summed E-state index contributed by atoms with van der Waals surface area (Å²) >= 11 is 0. The number of methoxy groups -OCH3 is 1. The van der Waals surface area contributed by atoms with E-state index in [-0.39, 0.29) is 11.8 Å². The van der Waals surface area contributed by atoms with E-state index in [1.54, 1.807) is 7.11 Å². The van der Waals surface area contributed by atoms with E-state index < -0.39 is 5.54 Å². The van der Waals surface area contributed by atoms with Gasteiger partial charge in [-0.15, -0.1) is 0 Å². The number of nitrogens with two attached hydrogens (primary N) is 1. The van der Waals surface area contributed by atoms with Crippen molar-refractivity contribution < 1.29 is 9.53 Å². The Morgan fingerprint density at radius 2 is 1.94 bits per heavy atom. The Balaban J connectivity index is 2.99. The fourth-order valence-corrected chi connectivity index (χ4v) is 2.09. The molecule has 3 N–H and O–H groups in total. The third-order valence-corrected chi connectivity index (χ3v) is 3.44. The van der Waals surface area contributed by atoms with Crippen LogP contribution in [-0.2, 0) is 4.79 Å². The first-order chi connectivity index (χ1) is 8.46. The summed E-state index contributed by atoms with van der Waals surface area (Å²) in [5.41, 5.74) is 5.71. The zero-order valence-electron chi connectivity index (χ0n) is 11.5. The number of primary amides is 1. The van der Waals surface area contributed by atoms with Gasteiger partial charge in [-0.1, -0.05) is 20.8 Å². The summed E-state index contributed by atoms with van der Waals surface area (Å²) in [4.78, 5) is 11.8. The second-order valence-corrected chi connectivity index (χ2v) is 4.70. The van der Waals surface area contributed by atoms with Crippen molar-refractivity contribution in [2.24, 2.45) is 11.7 Å². The molecule has 0 radical (unpaired) electrons. The highest BCUT2D eigenvalue weighted by Gasteiger charge is 2.37. The fourth-order valence-electron chi connectivity index (χ4n) is 2.09. The Hall–Kier alpha value is -1.71. The number of carbonyl (C=O) groups excluding carboxylic acids is 1. The van der Waals surface area contributed by atoms with Crippen molar-refractivity contribution in [1.82, 2.24) is 0 Å². The minimum atomic E-state index is -0.714. The maximum absolute atomic E-state index is 11.8. The Morgan fingerprint density at radius 3 is 2.28 bits per heavy atom. The highest BCUT2D eigenvalue weighted by Crippen LogP contribution is 2.27. The van der Waals surface area contributed by atoms with E-state index in [0.717, 1.165) is 11.4 Å².